The summed E-state index contributed by atoms with van der Waals surface area (Å²) in [5.74, 6) is -0.147. The van der Waals surface area contributed by atoms with E-state index in [1.807, 2.05) is 0 Å². The van der Waals surface area contributed by atoms with Crippen LogP contribution in [0.25, 0.3) is 11.0 Å². The molecule has 3 aromatic rings. The van der Waals surface area contributed by atoms with E-state index in [2.05, 4.69) is 0 Å². The lowest BCUT2D eigenvalue weighted by atomic mass is 10.2. The number of fused-ring (bicyclic) bond motifs is 1. The molecular formula is C18H15NO8S. The van der Waals surface area contributed by atoms with E-state index in [1.54, 1.807) is 12.1 Å². The summed E-state index contributed by atoms with van der Waals surface area (Å²) in [6, 6.07) is 9.65. The van der Waals surface area contributed by atoms with Gasteiger partial charge in [0.1, 0.15) is 11.3 Å². The molecule has 0 unspecified atom stereocenters. The van der Waals surface area contributed by atoms with Gasteiger partial charge in [-0.25, -0.2) is 13.2 Å². The van der Waals surface area contributed by atoms with Crippen LogP contribution >= 0.6 is 0 Å². The molecule has 0 aliphatic heterocycles. The predicted molar refractivity (Wildman–Crippen MR) is 99.6 cm³/mol. The van der Waals surface area contributed by atoms with Crippen molar-refractivity contribution in [3.63, 3.8) is 0 Å². The summed E-state index contributed by atoms with van der Waals surface area (Å²) >= 11 is 0. The maximum Gasteiger partial charge on any atom is 0.355 e. The summed E-state index contributed by atoms with van der Waals surface area (Å²) in [5, 5.41) is 11.5. The number of nitrogens with zero attached hydrogens (tertiary/aromatic N) is 1. The molecule has 0 saturated heterocycles. The molecule has 1 aromatic heterocycles. The Morgan fingerprint density at radius 2 is 1.82 bits per heavy atom. The molecule has 0 fully saturated rings. The van der Waals surface area contributed by atoms with Crippen molar-refractivity contribution >= 4 is 26.5 Å². The summed E-state index contributed by atoms with van der Waals surface area (Å²) < 4.78 is 40.5. The van der Waals surface area contributed by atoms with Crippen LogP contribution in [0.4, 0.5) is 5.69 Å². The highest BCUT2D eigenvalue weighted by atomic mass is 32.2. The van der Waals surface area contributed by atoms with E-state index in [0.29, 0.717) is 11.1 Å². The number of methoxy groups -OCH3 is 2. The van der Waals surface area contributed by atoms with E-state index in [9.17, 15) is 23.3 Å². The molecule has 0 N–H and O–H groups in total. The van der Waals surface area contributed by atoms with Crippen LogP contribution < -0.4 is 15.1 Å². The van der Waals surface area contributed by atoms with Crippen LogP contribution in [-0.2, 0) is 15.6 Å². The molecule has 9 nitrogen and oxygen atoms in total. The highest BCUT2D eigenvalue weighted by Crippen LogP contribution is 2.29. The number of hydrogen-bond donors (Lipinski definition) is 0. The molecule has 1 heterocycles. The van der Waals surface area contributed by atoms with Crippen LogP contribution in [0.2, 0.25) is 0 Å². The normalized spacial score (nSPS) is 11.4. The molecule has 146 valence electrons. The number of nitro groups is 1. The Morgan fingerprint density at radius 3 is 2.46 bits per heavy atom. The Hall–Kier alpha value is -3.40. The second kappa shape index (κ2) is 7.31. The Kier molecular flexibility index (Phi) is 5.06. The average molecular weight is 405 g/mol. The summed E-state index contributed by atoms with van der Waals surface area (Å²) in [5.41, 5.74) is -1.07. The van der Waals surface area contributed by atoms with Crippen LogP contribution in [-0.4, -0.2) is 27.6 Å². The van der Waals surface area contributed by atoms with Gasteiger partial charge in [0.15, 0.2) is 20.5 Å². The van der Waals surface area contributed by atoms with Crippen molar-refractivity contribution in [3.05, 3.63) is 68.6 Å². The largest absolute Gasteiger partial charge is 0.497 e. The second-order valence-electron chi connectivity index (χ2n) is 5.82. The van der Waals surface area contributed by atoms with Crippen molar-refractivity contribution in [1.82, 2.24) is 0 Å². The third-order valence-electron chi connectivity index (χ3n) is 4.04. The third-order valence-corrected chi connectivity index (χ3v) is 5.71. The van der Waals surface area contributed by atoms with Crippen LogP contribution in [0.15, 0.2) is 56.6 Å². The van der Waals surface area contributed by atoms with E-state index in [1.165, 1.54) is 38.5 Å². The van der Waals surface area contributed by atoms with Gasteiger partial charge in [0, 0.05) is 17.5 Å². The summed E-state index contributed by atoms with van der Waals surface area (Å²) in [6.07, 6.45) is 0. The van der Waals surface area contributed by atoms with Gasteiger partial charge in [-0.05, 0) is 29.8 Å². The lowest BCUT2D eigenvalue weighted by molar-refractivity contribution is -0.385. The fraction of sp³-hybridized carbons (Fsp3) is 0.167. The lowest BCUT2D eigenvalue weighted by Crippen LogP contribution is -2.16. The fourth-order valence-corrected chi connectivity index (χ4v) is 4.06. The predicted octanol–water partition coefficient (Wildman–Crippen LogP) is 2.69. The molecule has 0 atom stereocenters. The minimum atomic E-state index is -4.11. The number of benzene rings is 2. The smallest absolute Gasteiger partial charge is 0.355 e. The SMILES string of the molecule is COc1ccc2cc(S(=O)(=O)Cc3ccc(OC)c([N+](=O)[O-])c3)c(=O)oc2c1. The lowest BCUT2D eigenvalue weighted by Gasteiger charge is -2.07. The van der Waals surface area contributed by atoms with Crippen molar-refractivity contribution in [1.29, 1.82) is 0 Å². The van der Waals surface area contributed by atoms with Gasteiger partial charge in [0.25, 0.3) is 0 Å². The van der Waals surface area contributed by atoms with Crippen molar-refractivity contribution in [2.45, 2.75) is 10.6 Å². The quantitative estimate of drug-likeness (QED) is 0.348. The van der Waals surface area contributed by atoms with E-state index >= 15 is 0 Å². The Morgan fingerprint density at radius 1 is 1.07 bits per heavy atom. The number of ether oxygens (including phenoxy) is 2. The zero-order valence-electron chi connectivity index (χ0n) is 14.9. The van der Waals surface area contributed by atoms with Gasteiger partial charge in [0.05, 0.1) is 24.9 Å². The molecule has 0 aliphatic rings. The van der Waals surface area contributed by atoms with Crippen LogP contribution in [0, 0.1) is 10.1 Å². The first-order valence-electron chi connectivity index (χ1n) is 7.91. The van der Waals surface area contributed by atoms with E-state index in [4.69, 9.17) is 13.9 Å². The average Bonchev–Trinajstić information content (AvgIpc) is 2.66. The van der Waals surface area contributed by atoms with Crippen LogP contribution in [0.5, 0.6) is 11.5 Å². The zero-order valence-corrected chi connectivity index (χ0v) is 15.7. The van der Waals surface area contributed by atoms with Crippen molar-refractivity contribution in [3.8, 4) is 11.5 Å². The molecule has 0 radical (unpaired) electrons. The molecule has 0 amide bonds. The van der Waals surface area contributed by atoms with Gasteiger partial charge in [-0.2, -0.15) is 0 Å². The summed E-state index contributed by atoms with van der Waals surface area (Å²) in [4.78, 5) is 22.2. The zero-order chi connectivity index (χ0) is 20.5. The minimum Gasteiger partial charge on any atom is -0.497 e. The minimum absolute atomic E-state index is 0.00492. The Bertz CT molecular complexity index is 1230. The van der Waals surface area contributed by atoms with Crippen LogP contribution in [0.1, 0.15) is 5.56 Å². The Balaban J connectivity index is 2.04. The van der Waals surface area contributed by atoms with Gasteiger partial charge in [0.2, 0.25) is 0 Å². The van der Waals surface area contributed by atoms with Gasteiger partial charge in [-0.15, -0.1) is 0 Å². The van der Waals surface area contributed by atoms with Crippen molar-refractivity contribution in [2.24, 2.45) is 0 Å². The molecule has 3 rings (SSSR count). The van der Waals surface area contributed by atoms with Crippen LogP contribution in [0.3, 0.4) is 0 Å². The first kappa shape index (κ1) is 19.4. The third kappa shape index (κ3) is 3.67. The van der Waals surface area contributed by atoms with Gasteiger partial charge in [-0.3, -0.25) is 10.1 Å². The first-order valence-corrected chi connectivity index (χ1v) is 9.56. The number of rotatable bonds is 6. The van der Waals surface area contributed by atoms with E-state index in [0.717, 1.165) is 6.07 Å². The summed E-state index contributed by atoms with van der Waals surface area (Å²) in [6.45, 7) is 0. The highest BCUT2D eigenvalue weighted by molar-refractivity contribution is 7.90. The summed E-state index contributed by atoms with van der Waals surface area (Å²) in [7, 11) is -1.39. The molecule has 0 spiro atoms. The molecular weight excluding hydrogens is 390 g/mol. The first-order chi connectivity index (χ1) is 13.2. The van der Waals surface area contributed by atoms with E-state index in [-0.39, 0.29) is 22.6 Å². The molecule has 28 heavy (non-hydrogen) atoms. The van der Waals surface area contributed by atoms with Crippen molar-refractivity contribution in [2.75, 3.05) is 14.2 Å². The molecule has 0 saturated carbocycles. The van der Waals surface area contributed by atoms with Gasteiger partial charge < -0.3 is 13.9 Å². The van der Waals surface area contributed by atoms with Gasteiger partial charge >= 0.3 is 11.3 Å². The molecule has 0 aliphatic carbocycles. The molecule has 2 aromatic carbocycles. The Labute approximate surface area is 159 Å². The standard InChI is InChI=1S/C18H15NO8S/c1-25-13-5-4-12-8-17(18(20)27-16(12)9-13)28(23,24)10-11-3-6-15(26-2)14(7-11)19(21)22/h3-9H,10H2,1-2H3. The topological polar surface area (TPSA) is 126 Å². The number of hydrogen-bond acceptors (Lipinski definition) is 8. The number of nitro benzene ring substituents is 1. The highest BCUT2D eigenvalue weighted by Gasteiger charge is 2.24. The van der Waals surface area contributed by atoms with Crippen molar-refractivity contribution < 1.29 is 27.2 Å². The maximum absolute atomic E-state index is 12.7. The van der Waals surface area contributed by atoms with E-state index < -0.39 is 31.0 Å². The number of sulfone groups is 1. The molecule has 10 heteroatoms. The maximum atomic E-state index is 12.7. The fourth-order valence-electron chi connectivity index (χ4n) is 2.68. The van der Waals surface area contributed by atoms with Gasteiger partial charge in [-0.1, -0.05) is 6.07 Å². The molecule has 0 bridgehead atoms. The second-order valence-corrected chi connectivity index (χ2v) is 7.78. The monoisotopic (exact) mass is 405 g/mol.